The zero-order valence-electron chi connectivity index (χ0n) is 34.0. The summed E-state index contributed by atoms with van der Waals surface area (Å²) in [7, 11) is -6.47. The van der Waals surface area contributed by atoms with E-state index in [-0.39, 0.29) is 32.9 Å². The second kappa shape index (κ2) is 17.7. The lowest BCUT2D eigenvalue weighted by Crippen LogP contribution is -2.66. The number of hydrogen-bond donors (Lipinski definition) is 0. The standard InChI is InChI=1S/C42H72O4Si3/c1-34(30-32-44-47(12,13)40(3,4)5)26-27-36(43)28-29-39(46-48(14,15)41(6,7)8)35(2)31-33-45-49(42(9,10)11,37-22-18-16-19-23-37)38-24-20-17-21-25-38/h16-25,28-29,34-35,39H,26-27,30-33H2,1-15H3/b29-28+/t34-,35-,39-/m1/s1. The van der Waals surface area contributed by atoms with Gasteiger partial charge in [-0.3, -0.25) is 4.79 Å². The number of rotatable bonds is 18. The normalized spacial score (nSPS) is 15.7. The molecule has 0 aromatic heterocycles. The third-order valence-electron chi connectivity index (χ3n) is 11.3. The monoisotopic (exact) mass is 724 g/mol. The van der Waals surface area contributed by atoms with Crippen LogP contribution < -0.4 is 10.4 Å². The van der Waals surface area contributed by atoms with Crippen LogP contribution in [-0.4, -0.2) is 50.1 Å². The molecule has 0 bridgehead atoms. The van der Waals surface area contributed by atoms with Gasteiger partial charge in [0, 0.05) is 19.6 Å². The smallest absolute Gasteiger partial charge is 0.261 e. The quantitative estimate of drug-likeness (QED) is 0.113. The summed E-state index contributed by atoms with van der Waals surface area (Å²) in [6, 6.07) is 21.7. The minimum absolute atomic E-state index is 0.0656. The van der Waals surface area contributed by atoms with E-state index in [2.05, 4.69) is 169 Å². The van der Waals surface area contributed by atoms with Crippen molar-refractivity contribution in [3.8, 4) is 0 Å². The molecule has 7 heteroatoms. The van der Waals surface area contributed by atoms with Crippen molar-refractivity contribution in [2.75, 3.05) is 13.2 Å². The molecule has 0 spiro atoms. The van der Waals surface area contributed by atoms with Crippen LogP contribution in [0.2, 0.25) is 41.3 Å². The van der Waals surface area contributed by atoms with Crippen LogP contribution in [0.1, 0.15) is 102 Å². The summed E-state index contributed by atoms with van der Waals surface area (Å²) in [6.07, 6.45) is 6.96. The Labute approximate surface area is 305 Å². The molecule has 4 nitrogen and oxygen atoms in total. The van der Waals surface area contributed by atoms with E-state index in [1.165, 1.54) is 10.4 Å². The lowest BCUT2D eigenvalue weighted by molar-refractivity contribution is -0.114. The van der Waals surface area contributed by atoms with Gasteiger partial charge in [-0.2, -0.15) is 0 Å². The molecule has 0 radical (unpaired) electrons. The van der Waals surface area contributed by atoms with Crippen LogP contribution in [0.15, 0.2) is 72.8 Å². The molecule has 0 unspecified atom stereocenters. The van der Waals surface area contributed by atoms with Crippen molar-refractivity contribution in [3.05, 3.63) is 72.8 Å². The van der Waals surface area contributed by atoms with E-state index in [9.17, 15) is 4.79 Å². The minimum atomic E-state index is -2.63. The number of ketones is 1. The molecule has 0 N–H and O–H groups in total. The first-order valence-corrected chi connectivity index (χ1v) is 26.4. The summed E-state index contributed by atoms with van der Waals surface area (Å²) >= 11 is 0. The molecule has 2 aromatic carbocycles. The Bertz CT molecular complexity index is 1260. The van der Waals surface area contributed by atoms with Gasteiger partial charge in [0.2, 0.25) is 0 Å². The fourth-order valence-electron chi connectivity index (χ4n) is 5.74. The number of carbonyl (C=O) groups is 1. The van der Waals surface area contributed by atoms with Gasteiger partial charge in [-0.05, 0) is 88.9 Å². The molecule has 0 aliphatic heterocycles. The summed E-state index contributed by atoms with van der Waals surface area (Å²) in [6.45, 7) is 35.7. The van der Waals surface area contributed by atoms with E-state index in [1.54, 1.807) is 6.08 Å². The van der Waals surface area contributed by atoms with Gasteiger partial charge in [-0.1, -0.05) is 143 Å². The van der Waals surface area contributed by atoms with Gasteiger partial charge in [0.05, 0.1) is 6.10 Å². The summed E-state index contributed by atoms with van der Waals surface area (Å²) in [5, 5.41) is 2.79. The van der Waals surface area contributed by atoms with E-state index in [4.69, 9.17) is 13.3 Å². The molecule has 0 amide bonds. The van der Waals surface area contributed by atoms with E-state index in [0.717, 1.165) is 25.9 Å². The van der Waals surface area contributed by atoms with Gasteiger partial charge in [0.25, 0.3) is 8.32 Å². The van der Waals surface area contributed by atoms with Crippen molar-refractivity contribution >= 4 is 41.1 Å². The topological polar surface area (TPSA) is 44.8 Å². The van der Waals surface area contributed by atoms with Crippen LogP contribution in [0.5, 0.6) is 0 Å². The summed E-state index contributed by atoms with van der Waals surface area (Å²) in [5.74, 6) is 0.804. The van der Waals surface area contributed by atoms with Crippen molar-refractivity contribution in [1.82, 2.24) is 0 Å². The van der Waals surface area contributed by atoms with E-state index < -0.39 is 25.0 Å². The molecule has 276 valence electrons. The molecule has 0 heterocycles. The number of benzene rings is 2. The molecular formula is C42H72O4Si3. The largest absolute Gasteiger partial charge is 0.417 e. The van der Waals surface area contributed by atoms with Gasteiger partial charge in [-0.25, -0.2) is 0 Å². The van der Waals surface area contributed by atoms with E-state index in [0.29, 0.717) is 18.9 Å². The number of hydrogen-bond acceptors (Lipinski definition) is 4. The highest BCUT2D eigenvalue weighted by Crippen LogP contribution is 2.40. The van der Waals surface area contributed by atoms with Crippen LogP contribution in [0, 0.1) is 11.8 Å². The zero-order chi connectivity index (χ0) is 37.3. The lowest BCUT2D eigenvalue weighted by atomic mass is 9.98. The SMILES string of the molecule is C[C@@H](CCO[Si](C)(C)C(C)(C)C)CCC(=O)/C=C/[C@@H](O[Si](C)(C)C(C)(C)C)[C@H](C)CCO[Si](c1ccccc1)(c1ccccc1)C(C)(C)C. The van der Waals surface area contributed by atoms with Crippen LogP contribution in [-0.2, 0) is 18.1 Å². The average Bonchev–Trinajstić information content (AvgIpc) is 2.99. The zero-order valence-corrected chi connectivity index (χ0v) is 37.0. The van der Waals surface area contributed by atoms with E-state index in [1.807, 2.05) is 0 Å². The molecule has 0 aliphatic carbocycles. The first kappa shape index (κ1) is 43.5. The second-order valence-corrected chi connectivity index (χ2v) is 32.4. The van der Waals surface area contributed by atoms with Gasteiger partial charge < -0.3 is 13.3 Å². The van der Waals surface area contributed by atoms with Crippen molar-refractivity contribution in [1.29, 1.82) is 0 Å². The first-order chi connectivity index (χ1) is 22.4. The van der Waals surface area contributed by atoms with Gasteiger partial charge >= 0.3 is 0 Å². The highest BCUT2D eigenvalue weighted by molar-refractivity contribution is 6.99. The van der Waals surface area contributed by atoms with Gasteiger partial charge in [0.15, 0.2) is 22.4 Å². The van der Waals surface area contributed by atoms with Crippen molar-refractivity contribution in [2.45, 2.75) is 149 Å². The molecule has 0 saturated heterocycles. The van der Waals surface area contributed by atoms with E-state index >= 15 is 0 Å². The highest BCUT2D eigenvalue weighted by atomic mass is 28.4. The molecule has 2 aromatic rings. The predicted octanol–water partition coefficient (Wildman–Crippen LogP) is 10.9. The Kier molecular flexibility index (Phi) is 15.8. The Morgan fingerprint density at radius 3 is 1.57 bits per heavy atom. The first-order valence-electron chi connectivity index (χ1n) is 18.7. The molecule has 3 atom stereocenters. The Morgan fingerprint density at radius 2 is 1.12 bits per heavy atom. The Balaban J connectivity index is 2.19. The third kappa shape index (κ3) is 12.2. The predicted molar refractivity (Wildman–Crippen MR) is 220 cm³/mol. The molecule has 0 aliphatic rings. The summed E-state index contributed by atoms with van der Waals surface area (Å²) in [4.78, 5) is 13.2. The average molecular weight is 725 g/mol. The fourth-order valence-corrected chi connectivity index (χ4v) is 12.7. The third-order valence-corrected chi connectivity index (χ3v) is 25.4. The Morgan fingerprint density at radius 1 is 0.653 bits per heavy atom. The van der Waals surface area contributed by atoms with Crippen LogP contribution in [0.4, 0.5) is 0 Å². The summed E-state index contributed by atoms with van der Waals surface area (Å²) in [5.41, 5.74) is 0. The van der Waals surface area contributed by atoms with Crippen molar-refractivity contribution in [2.24, 2.45) is 11.8 Å². The molecule has 0 saturated carbocycles. The molecule has 2 rings (SSSR count). The minimum Gasteiger partial charge on any atom is -0.417 e. The van der Waals surface area contributed by atoms with Crippen LogP contribution in [0.3, 0.4) is 0 Å². The van der Waals surface area contributed by atoms with Crippen molar-refractivity contribution < 1.29 is 18.1 Å². The lowest BCUT2D eigenvalue weighted by Gasteiger charge is -2.43. The molecule has 0 fully saturated rings. The molecule has 49 heavy (non-hydrogen) atoms. The summed E-state index contributed by atoms with van der Waals surface area (Å²) < 4.78 is 20.6. The highest BCUT2D eigenvalue weighted by Gasteiger charge is 2.50. The maximum Gasteiger partial charge on any atom is 0.261 e. The van der Waals surface area contributed by atoms with Gasteiger partial charge in [0.1, 0.15) is 0 Å². The maximum absolute atomic E-state index is 13.2. The van der Waals surface area contributed by atoms with Crippen molar-refractivity contribution in [3.63, 3.8) is 0 Å². The fraction of sp³-hybridized carbons (Fsp3) is 0.643. The number of carbonyl (C=O) groups excluding carboxylic acids is 1. The van der Waals surface area contributed by atoms with Gasteiger partial charge in [-0.15, -0.1) is 0 Å². The molecular weight excluding hydrogens is 653 g/mol. The van der Waals surface area contributed by atoms with Crippen LogP contribution in [0.25, 0.3) is 0 Å². The number of allylic oxidation sites excluding steroid dienone is 1. The maximum atomic E-state index is 13.2. The Hall–Kier alpha value is -1.62. The second-order valence-electron chi connectivity index (χ2n) is 18.5. The van der Waals surface area contributed by atoms with Crippen LogP contribution >= 0.6 is 0 Å².